The summed E-state index contributed by atoms with van der Waals surface area (Å²) < 4.78 is 0. The van der Waals surface area contributed by atoms with Gasteiger partial charge in [-0.15, -0.1) is 0 Å². The van der Waals surface area contributed by atoms with E-state index in [1.54, 1.807) is 12.4 Å². The van der Waals surface area contributed by atoms with Gasteiger partial charge in [-0.2, -0.15) is 0 Å². The third-order valence-corrected chi connectivity index (χ3v) is 5.23. The van der Waals surface area contributed by atoms with Crippen molar-refractivity contribution in [1.82, 2.24) is 19.9 Å². The van der Waals surface area contributed by atoms with Gasteiger partial charge in [0.25, 0.3) is 5.91 Å². The van der Waals surface area contributed by atoms with Crippen LogP contribution in [0.25, 0.3) is 0 Å². The highest BCUT2D eigenvalue weighted by Crippen LogP contribution is 2.29. The smallest absolute Gasteiger partial charge is 0.274 e. The Kier molecular flexibility index (Phi) is 4.59. The Morgan fingerprint density at radius 2 is 1.68 bits per heavy atom. The SMILES string of the molecule is O=C(c1cncc(N2CCC(c3ccncc3)CC2)n1)N1CCCC1. The van der Waals surface area contributed by atoms with Crippen molar-refractivity contribution in [3.05, 3.63) is 48.2 Å². The first-order valence-electron chi connectivity index (χ1n) is 9.07. The Hall–Kier alpha value is -2.50. The summed E-state index contributed by atoms with van der Waals surface area (Å²) in [5, 5.41) is 0. The van der Waals surface area contributed by atoms with Crippen LogP contribution in [0, 0.1) is 0 Å². The second-order valence-electron chi connectivity index (χ2n) is 6.80. The summed E-state index contributed by atoms with van der Waals surface area (Å²) >= 11 is 0. The molecule has 6 nitrogen and oxygen atoms in total. The van der Waals surface area contributed by atoms with Crippen molar-refractivity contribution in [3.8, 4) is 0 Å². The van der Waals surface area contributed by atoms with Crippen LogP contribution in [0.4, 0.5) is 5.82 Å². The molecule has 0 radical (unpaired) electrons. The molecule has 2 aliphatic heterocycles. The van der Waals surface area contributed by atoms with E-state index >= 15 is 0 Å². The van der Waals surface area contributed by atoms with Crippen LogP contribution in [-0.2, 0) is 0 Å². The summed E-state index contributed by atoms with van der Waals surface area (Å²) in [6.45, 7) is 3.54. The highest BCUT2D eigenvalue weighted by atomic mass is 16.2. The van der Waals surface area contributed by atoms with Crippen molar-refractivity contribution in [2.24, 2.45) is 0 Å². The van der Waals surface area contributed by atoms with Crippen molar-refractivity contribution < 1.29 is 4.79 Å². The molecule has 2 saturated heterocycles. The molecule has 2 aromatic rings. The number of hydrogen-bond acceptors (Lipinski definition) is 5. The number of carbonyl (C=O) groups excluding carboxylic acids is 1. The maximum absolute atomic E-state index is 12.5. The van der Waals surface area contributed by atoms with E-state index in [1.807, 2.05) is 17.3 Å². The number of aromatic nitrogens is 3. The van der Waals surface area contributed by atoms with Gasteiger partial charge in [-0.3, -0.25) is 14.8 Å². The summed E-state index contributed by atoms with van der Waals surface area (Å²) in [4.78, 5) is 29.6. The van der Waals surface area contributed by atoms with Gasteiger partial charge in [-0.25, -0.2) is 4.98 Å². The topological polar surface area (TPSA) is 62.2 Å². The van der Waals surface area contributed by atoms with E-state index in [2.05, 4.69) is 32.0 Å². The number of likely N-dealkylation sites (tertiary alicyclic amines) is 1. The third kappa shape index (κ3) is 3.48. The van der Waals surface area contributed by atoms with Crippen molar-refractivity contribution in [3.63, 3.8) is 0 Å². The third-order valence-electron chi connectivity index (χ3n) is 5.23. The Morgan fingerprint density at radius 3 is 2.40 bits per heavy atom. The minimum atomic E-state index is 0.0125. The van der Waals surface area contributed by atoms with Gasteiger partial charge in [-0.1, -0.05) is 0 Å². The molecule has 0 N–H and O–H groups in total. The Bertz CT molecular complexity index is 722. The van der Waals surface area contributed by atoms with Crippen LogP contribution in [-0.4, -0.2) is 51.9 Å². The highest BCUT2D eigenvalue weighted by Gasteiger charge is 2.24. The van der Waals surface area contributed by atoms with Gasteiger partial charge in [-0.05, 0) is 49.3 Å². The van der Waals surface area contributed by atoms with E-state index in [-0.39, 0.29) is 5.91 Å². The van der Waals surface area contributed by atoms with Crippen molar-refractivity contribution >= 4 is 11.7 Å². The van der Waals surface area contributed by atoms with Crippen LogP contribution in [0.15, 0.2) is 36.9 Å². The van der Waals surface area contributed by atoms with E-state index in [4.69, 9.17) is 0 Å². The summed E-state index contributed by atoms with van der Waals surface area (Å²) in [6.07, 6.45) is 11.4. The summed E-state index contributed by atoms with van der Waals surface area (Å²) in [7, 11) is 0. The molecular formula is C19H23N5O. The molecule has 4 heterocycles. The minimum absolute atomic E-state index is 0.0125. The van der Waals surface area contributed by atoms with Gasteiger partial charge < -0.3 is 9.80 Å². The molecule has 0 unspecified atom stereocenters. The van der Waals surface area contributed by atoms with E-state index in [9.17, 15) is 4.79 Å². The van der Waals surface area contributed by atoms with Crippen LogP contribution >= 0.6 is 0 Å². The number of anilines is 1. The molecule has 0 atom stereocenters. The lowest BCUT2D eigenvalue weighted by Crippen LogP contribution is -2.34. The van der Waals surface area contributed by atoms with Gasteiger partial charge in [0.2, 0.25) is 0 Å². The number of amides is 1. The van der Waals surface area contributed by atoms with E-state index in [0.29, 0.717) is 11.6 Å². The predicted molar refractivity (Wildman–Crippen MR) is 95.6 cm³/mol. The predicted octanol–water partition coefficient (Wildman–Crippen LogP) is 2.49. The zero-order valence-corrected chi connectivity index (χ0v) is 14.3. The van der Waals surface area contributed by atoms with Crippen LogP contribution in [0.1, 0.15) is 47.7 Å². The first kappa shape index (κ1) is 16.0. The fourth-order valence-corrected chi connectivity index (χ4v) is 3.77. The van der Waals surface area contributed by atoms with Crippen LogP contribution in [0.3, 0.4) is 0 Å². The van der Waals surface area contributed by atoms with Gasteiger partial charge in [0.05, 0.1) is 12.4 Å². The van der Waals surface area contributed by atoms with E-state index < -0.39 is 0 Å². The quantitative estimate of drug-likeness (QED) is 0.861. The standard InChI is InChI=1S/C19H23N5O/c25-19(24-9-1-2-10-24)17-13-21-14-18(22-17)23-11-5-16(6-12-23)15-3-7-20-8-4-15/h3-4,7-8,13-14,16H,1-2,5-6,9-12H2. The number of rotatable bonds is 3. The molecule has 0 saturated carbocycles. The zero-order valence-electron chi connectivity index (χ0n) is 14.3. The normalized spacial score (nSPS) is 18.6. The molecule has 0 spiro atoms. The maximum Gasteiger partial charge on any atom is 0.274 e. The van der Waals surface area contributed by atoms with Gasteiger partial charge >= 0.3 is 0 Å². The highest BCUT2D eigenvalue weighted by molar-refractivity contribution is 5.92. The van der Waals surface area contributed by atoms with Crippen LogP contribution < -0.4 is 4.90 Å². The van der Waals surface area contributed by atoms with Crippen molar-refractivity contribution in [1.29, 1.82) is 0 Å². The summed E-state index contributed by atoms with van der Waals surface area (Å²) in [6, 6.07) is 4.21. The van der Waals surface area contributed by atoms with Gasteiger partial charge in [0, 0.05) is 38.6 Å². The lowest BCUT2D eigenvalue weighted by atomic mass is 9.90. The molecule has 2 fully saturated rings. The Balaban J connectivity index is 1.43. The zero-order chi connectivity index (χ0) is 17.1. The average molecular weight is 337 g/mol. The molecule has 0 aromatic carbocycles. The molecule has 25 heavy (non-hydrogen) atoms. The molecule has 4 rings (SSSR count). The Morgan fingerprint density at radius 1 is 0.960 bits per heavy atom. The van der Waals surface area contributed by atoms with E-state index in [1.165, 1.54) is 5.56 Å². The fraction of sp³-hybridized carbons (Fsp3) is 0.474. The number of carbonyl (C=O) groups is 1. The minimum Gasteiger partial charge on any atom is -0.355 e. The number of piperidine rings is 1. The largest absolute Gasteiger partial charge is 0.355 e. The second kappa shape index (κ2) is 7.17. The van der Waals surface area contributed by atoms with Gasteiger partial charge in [0.15, 0.2) is 0 Å². The molecule has 6 heteroatoms. The van der Waals surface area contributed by atoms with Crippen molar-refractivity contribution in [2.45, 2.75) is 31.6 Å². The second-order valence-corrected chi connectivity index (χ2v) is 6.80. The number of nitrogens with zero attached hydrogens (tertiary/aromatic N) is 5. The first-order valence-corrected chi connectivity index (χ1v) is 9.07. The number of pyridine rings is 1. The Labute approximate surface area is 147 Å². The van der Waals surface area contributed by atoms with Gasteiger partial charge in [0.1, 0.15) is 11.5 Å². The van der Waals surface area contributed by atoms with Crippen LogP contribution in [0.5, 0.6) is 0 Å². The maximum atomic E-state index is 12.5. The molecule has 0 bridgehead atoms. The van der Waals surface area contributed by atoms with E-state index in [0.717, 1.165) is 57.7 Å². The summed E-state index contributed by atoms with van der Waals surface area (Å²) in [5.74, 6) is 1.40. The molecule has 2 aromatic heterocycles. The van der Waals surface area contributed by atoms with Crippen LogP contribution in [0.2, 0.25) is 0 Å². The molecule has 1 amide bonds. The van der Waals surface area contributed by atoms with Crippen molar-refractivity contribution in [2.75, 3.05) is 31.1 Å². The lowest BCUT2D eigenvalue weighted by Gasteiger charge is -2.33. The lowest BCUT2D eigenvalue weighted by molar-refractivity contribution is 0.0786. The fourth-order valence-electron chi connectivity index (χ4n) is 3.77. The molecule has 130 valence electrons. The average Bonchev–Trinajstić information content (AvgIpc) is 3.23. The number of hydrogen-bond donors (Lipinski definition) is 0. The molecule has 2 aliphatic rings. The first-order chi connectivity index (χ1) is 12.3. The monoisotopic (exact) mass is 337 g/mol. The summed E-state index contributed by atoms with van der Waals surface area (Å²) in [5.41, 5.74) is 1.83. The molecular weight excluding hydrogens is 314 g/mol. The molecule has 0 aliphatic carbocycles.